The standard InChI is InChI=1S/C18H20N4O3S/c23-16(10-21-17(24)3-4-18(21)25)19-6-7-22-15(12-1-2-12)9-14(20-22)13-5-8-26-11-13/h5,8-9,11-12H,1-4,6-7,10H2,(H,19,23). The minimum absolute atomic E-state index is 0.188. The number of thiophene rings is 1. The van der Waals surface area contributed by atoms with Crippen LogP contribution in [0, 0.1) is 0 Å². The number of hydrogen-bond donors (Lipinski definition) is 1. The molecule has 2 aliphatic rings. The fourth-order valence-corrected chi connectivity index (χ4v) is 3.82. The van der Waals surface area contributed by atoms with Crippen LogP contribution >= 0.6 is 11.3 Å². The number of likely N-dealkylation sites (tertiary alicyclic amines) is 1. The van der Waals surface area contributed by atoms with Crippen LogP contribution in [0.2, 0.25) is 0 Å². The first-order valence-corrected chi connectivity index (χ1v) is 9.76. The van der Waals surface area contributed by atoms with E-state index in [0.29, 0.717) is 19.0 Å². The Hall–Kier alpha value is -2.48. The van der Waals surface area contributed by atoms with E-state index in [1.807, 2.05) is 10.1 Å². The summed E-state index contributed by atoms with van der Waals surface area (Å²) >= 11 is 1.64. The van der Waals surface area contributed by atoms with Crippen LogP contribution in [-0.2, 0) is 20.9 Å². The second-order valence-electron chi connectivity index (χ2n) is 6.69. The van der Waals surface area contributed by atoms with Crippen molar-refractivity contribution in [3.8, 4) is 11.3 Å². The molecule has 4 rings (SSSR count). The number of aromatic nitrogens is 2. The molecule has 1 aliphatic carbocycles. The van der Waals surface area contributed by atoms with E-state index in [1.165, 1.54) is 18.5 Å². The van der Waals surface area contributed by atoms with Gasteiger partial charge in [-0.25, -0.2) is 0 Å². The molecule has 0 radical (unpaired) electrons. The van der Waals surface area contributed by atoms with E-state index in [2.05, 4.69) is 22.8 Å². The summed E-state index contributed by atoms with van der Waals surface area (Å²) in [6.07, 6.45) is 2.77. The maximum Gasteiger partial charge on any atom is 0.240 e. The number of nitrogens with zero attached hydrogens (tertiary/aromatic N) is 3. The number of hydrogen-bond acceptors (Lipinski definition) is 5. The van der Waals surface area contributed by atoms with Crippen molar-refractivity contribution in [1.82, 2.24) is 20.0 Å². The molecule has 1 aliphatic heterocycles. The van der Waals surface area contributed by atoms with Gasteiger partial charge >= 0.3 is 0 Å². The van der Waals surface area contributed by atoms with Gasteiger partial charge in [0.15, 0.2) is 0 Å². The first-order chi connectivity index (χ1) is 12.6. The van der Waals surface area contributed by atoms with Gasteiger partial charge < -0.3 is 5.32 Å². The maximum absolute atomic E-state index is 12.0. The molecule has 1 saturated carbocycles. The Morgan fingerprint density at radius 3 is 2.69 bits per heavy atom. The van der Waals surface area contributed by atoms with E-state index in [4.69, 9.17) is 5.10 Å². The van der Waals surface area contributed by atoms with Crippen LogP contribution in [0.15, 0.2) is 22.9 Å². The molecule has 0 spiro atoms. The summed E-state index contributed by atoms with van der Waals surface area (Å²) in [5, 5.41) is 11.6. The average Bonchev–Trinajstić information content (AvgIpc) is 3.03. The van der Waals surface area contributed by atoms with Crippen LogP contribution in [0.25, 0.3) is 11.3 Å². The number of rotatable bonds is 7. The summed E-state index contributed by atoms with van der Waals surface area (Å²) in [4.78, 5) is 36.2. The second-order valence-corrected chi connectivity index (χ2v) is 7.47. The fourth-order valence-electron chi connectivity index (χ4n) is 3.17. The lowest BCUT2D eigenvalue weighted by molar-refractivity contribution is -0.142. The van der Waals surface area contributed by atoms with E-state index in [9.17, 15) is 14.4 Å². The number of carbonyl (C=O) groups is 3. The number of carbonyl (C=O) groups excluding carboxylic acids is 3. The summed E-state index contributed by atoms with van der Waals surface area (Å²) in [6.45, 7) is 0.801. The Morgan fingerprint density at radius 1 is 1.27 bits per heavy atom. The molecule has 0 unspecified atom stereocenters. The largest absolute Gasteiger partial charge is 0.353 e. The summed E-state index contributed by atoms with van der Waals surface area (Å²) in [5.41, 5.74) is 3.30. The highest BCUT2D eigenvalue weighted by Gasteiger charge is 2.30. The van der Waals surface area contributed by atoms with Gasteiger partial charge in [-0.15, -0.1) is 0 Å². The maximum atomic E-state index is 12.0. The van der Waals surface area contributed by atoms with Gasteiger partial charge in [0.1, 0.15) is 6.54 Å². The molecular weight excluding hydrogens is 352 g/mol. The number of nitrogens with one attached hydrogen (secondary N) is 1. The Morgan fingerprint density at radius 2 is 2.04 bits per heavy atom. The average molecular weight is 372 g/mol. The molecule has 26 heavy (non-hydrogen) atoms. The van der Waals surface area contributed by atoms with Gasteiger partial charge in [-0.1, -0.05) is 0 Å². The molecule has 8 heteroatoms. The normalized spacial score (nSPS) is 17.2. The Kier molecular flexibility index (Phi) is 4.58. The van der Waals surface area contributed by atoms with Crippen molar-refractivity contribution in [2.24, 2.45) is 0 Å². The second kappa shape index (κ2) is 7.03. The molecule has 2 aromatic heterocycles. The summed E-state index contributed by atoms with van der Waals surface area (Å²) in [7, 11) is 0. The van der Waals surface area contributed by atoms with Gasteiger partial charge in [-0.2, -0.15) is 16.4 Å². The van der Waals surface area contributed by atoms with Crippen molar-refractivity contribution < 1.29 is 14.4 Å². The number of imide groups is 1. The van der Waals surface area contributed by atoms with Crippen molar-refractivity contribution in [2.75, 3.05) is 13.1 Å². The van der Waals surface area contributed by atoms with Crippen LogP contribution in [0.1, 0.15) is 37.3 Å². The zero-order valence-corrected chi connectivity index (χ0v) is 15.1. The monoisotopic (exact) mass is 372 g/mol. The van der Waals surface area contributed by atoms with Crippen LogP contribution in [0.4, 0.5) is 0 Å². The summed E-state index contributed by atoms with van der Waals surface area (Å²) in [6, 6.07) is 4.20. The smallest absolute Gasteiger partial charge is 0.240 e. The zero-order valence-electron chi connectivity index (χ0n) is 14.3. The topological polar surface area (TPSA) is 84.3 Å². The summed E-state index contributed by atoms with van der Waals surface area (Å²) < 4.78 is 1.97. The van der Waals surface area contributed by atoms with E-state index in [1.54, 1.807) is 11.3 Å². The molecule has 0 bridgehead atoms. The minimum Gasteiger partial charge on any atom is -0.353 e. The quantitative estimate of drug-likeness (QED) is 0.751. The molecule has 1 N–H and O–H groups in total. The van der Waals surface area contributed by atoms with Crippen molar-refractivity contribution in [1.29, 1.82) is 0 Å². The molecule has 1 saturated heterocycles. The van der Waals surface area contributed by atoms with Gasteiger partial charge in [0.25, 0.3) is 0 Å². The fraction of sp³-hybridized carbons (Fsp3) is 0.444. The number of amides is 3. The van der Waals surface area contributed by atoms with E-state index in [0.717, 1.165) is 16.2 Å². The van der Waals surface area contributed by atoms with Gasteiger partial charge in [-0.3, -0.25) is 24.0 Å². The first kappa shape index (κ1) is 17.0. The third-order valence-electron chi connectivity index (χ3n) is 4.73. The highest BCUT2D eigenvalue weighted by Crippen LogP contribution is 2.41. The van der Waals surface area contributed by atoms with E-state index < -0.39 is 0 Å². The molecule has 7 nitrogen and oxygen atoms in total. The van der Waals surface area contributed by atoms with Crippen LogP contribution in [0.5, 0.6) is 0 Å². The lowest BCUT2D eigenvalue weighted by Crippen LogP contribution is -2.40. The Labute approximate surface area is 155 Å². The SMILES string of the molecule is O=C(CN1C(=O)CCC1=O)NCCn1nc(-c2ccsc2)cc1C1CC1. The lowest BCUT2D eigenvalue weighted by atomic mass is 10.2. The highest BCUT2D eigenvalue weighted by atomic mass is 32.1. The predicted molar refractivity (Wildman–Crippen MR) is 96.5 cm³/mol. The van der Waals surface area contributed by atoms with Gasteiger partial charge in [0, 0.05) is 41.9 Å². The lowest BCUT2D eigenvalue weighted by Gasteiger charge is -2.13. The summed E-state index contributed by atoms with van der Waals surface area (Å²) in [5.74, 6) is -0.292. The minimum atomic E-state index is -0.313. The van der Waals surface area contributed by atoms with Crippen molar-refractivity contribution in [2.45, 2.75) is 38.1 Å². The molecule has 0 aromatic carbocycles. The molecule has 136 valence electrons. The predicted octanol–water partition coefficient (Wildman–Crippen LogP) is 1.75. The molecule has 2 fully saturated rings. The third-order valence-corrected chi connectivity index (χ3v) is 5.41. The third kappa shape index (κ3) is 3.55. The molecular formula is C18H20N4O3S. The van der Waals surface area contributed by atoms with Crippen molar-refractivity contribution in [3.05, 3.63) is 28.6 Å². The molecule has 0 atom stereocenters. The molecule has 2 aromatic rings. The van der Waals surface area contributed by atoms with Crippen LogP contribution in [-0.4, -0.2) is 45.5 Å². The zero-order chi connectivity index (χ0) is 18.1. The molecule has 3 amide bonds. The van der Waals surface area contributed by atoms with Gasteiger partial charge in [0.05, 0.1) is 12.2 Å². The first-order valence-electron chi connectivity index (χ1n) is 8.82. The highest BCUT2D eigenvalue weighted by molar-refractivity contribution is 7.08. The van der Waals surface area contributed by atoms with Crippen LogP contribution < -0.4 is 5.32 Å². The van der Waals surface area contributed by atoms with E-state index in [-0.39, 0.29) is 37.1 Å². The van der Waals surface area contributed by atoms with E-state index >= 15 is 0 Å². The van der Waals surface area contributed by atoms with Gasteiger partial charge in [0.2, 0.25) is 17.7 Å². The Bertz CT molecular complexity index is 823. The Balaban J connectivity index is 1.35. The van der Waals surface area contributed by atoms with Gasteiger partial charge in [-0.05, 0) is 30.4 Å². The van der Waals surface area contributed by atoms with Crippen molar-refractivity contribution >= 4 is 29.1 Å². The van der Waals surface area contributed by atoms with Crippen LogP contribution in [0.3, 0.4) is 0 Å². The molecule has 3 heterocycles. The van der Waals surface area contributed by atoms with Crippen molar-refractivity contribution in [3.63, 3.8) is 0 Å².